The minimum absolute atomic E-state index is 0.0162. The summed E-state index contributed by atoms with van der Waals surface area (Å²) in [4.78, 5) is 0.0162. The molecule has 0 aromatic carbocycles. The highest BCUT2D eigenvalue weighted by atomic mass is 32.2. The van der Waals surface area contributed by atoms with Crippen molar-refractivity contribution in [1.82, 2.24) is 5.16 Å². The van der Waals surface area contributed by atoms with E-state index in [2.05, 4.69) is 9.68 Å². The number of anilines is 1. The molecule has 0 spiro atoms. The molecule has 0 aliphatic carbocycles. The van der Waals surface area contributed by atoms with Crippen LogP contribution in [-0.2, 0) is 9.84 Å². The predicted molar refractivity (Wildman–Crippen MR) is 48.1 cm³/mol. The first-order chi connectivity index (χ1) is 5.84. The lowest BCUT2D eigenvalue weighted by Gasteiger charge is -2.01. The maximum absolute atomic E-state index is 11.3. The Kier molecular flexibility index (Phi) is 2.34. The standard InChI is InChI=1S/C7H12N2O3S/c1-4(2)5-6(13(3,10)11)7(8)12-9-5/h4H,8H2,1-3H3. The Bertz CT molecular complexity index is 405. The van der Waals surface area contributed by atoms with Crippen LogP contribution in [-0.4, -0.2) is 19.8 Å². The number of hydrogen-bond donors (Lipinski definition) is 1. The molecule has 0 aliphatic heterocycles. The SMILES string of the molecule is CC(C)c1noc(N)c1S(C)(=O)=O. The second-order valence-corrected chi connectivity index (χ2v) is 5.14. The molecule has 1 aromatic heterocycles. The van der Waals surface area contributed by atoms with Crippen molar-refractivity contribution >= 4 is 15.7 Å². The van der Waals surface area contributed by atoms with Crippen molar-refractivity contribution in [1.29, 1.82) is 0 Å². The Labute approximate surface area is 76.8 Å². The Morgan fingerprint density at radius 2 is 2.00 bits per heavy atom. The second-order valence-electron chi connectivity index (χ2n) is 3.19. The summed E-state index contributed by atoms with van der Waals surface area (Å²) in [6, 6.07) is 0. The van der Waals surface area contributed by atoms with Crippen LogP contribution in [0.3, 0.4) is 0 Å². The van der Waals surface area contributed by atoms with Crippen LogP contribution in [0, 0.1) is 0 Å². The van der Waals surface area contributed by atoms with Gasteiger partial charge < -0.3 is 10.3 Å². The van der Waals surface area contributed by atoms with Crippen molar-refractivity contribution in [2.45, 2.75) is 24.7 Å². The molecule has 2 N–H and O–H groups in total. The van der Waals surface area contributed by atoms with Crippen LogP contribution in [0.1, 0.15) is 25.5 Å². The van der Waals surface area contributed by atoms with Gasteiger partial charge in [0.05, 0.1) is 0 Å². The topological polar surface area (TPSA) is 86.2 Å². The van der Waals surface area contributed by atoms with Gasteiger partial charge in [-0.3, -0.25) is 0 Å². The molecule has 74 valence electrons. The Morgan fingerprint density at radius 3 is 2.31 bits per heavy atom. The van der Waals surface area contributed by atoms with Gasteiger partial charge in [0.25, 0.3) is 0 Å². The van der Waals surface area contributed by atoms with Gasteiger partial charge in [0.15, 0.2) is 14.7 Å². The molecule has 0 bridgehead atoms. The molecule has 0 radical (unpaired) electrons. The van der Waals surface area contributed by atoms with E-state index in [1.54, 1.807) is 0 Å². The van der Waals surface area contributed by atoms with Crippen LogP contribution in [0.2, 0.25) is 0 Å². The number of nitrogen functional groups attached to an aromatic ring is 1. The molecule has 0 saturated heterocycles. The summed E-state index contributed by atoms with van der Waals surface area (Å²) in [6.07, 6.45) is 1.09. The largest absolute Gasteiger partial charge is 0.366 e. The van der Waals surface area contributed by atoms with E-state index >= 15 is 0 Å². The van der Waals surface area contributed by atoms with Crippen molar-refractivity contribution in [2.75, 3.05) is 12.0 Å². The summed E-state index contributed by atoms with van der Waals surface area (Å²) >= 11 is 0. The van der Waals surface area contributed by atoms with Gasteiger partial charge in [-0.15, -0.1) is 0 Å². The van der Waals surface area contributed by atoms with Crippen LogP contribution < -0.4 is 5.73 Å². The summed E-state index contributed by atoms with van der Waals surface area (Å²) in [6.45, 7) is 3.65. The van der Waals surface area contributed by atoms with Crippen LogP contribution in [0.5, 0.6) is 0 Å². The van der Waals surface area contributed by atoms with Crippen molar-refractivity contribution in [3.8, 4) is 0 Å². The maximum atomic E-state index is 11.3. The Morgan fingerprint density at radius 1 is 1.46 bits per heavy atom. The first kappa shape index (κ1) is 10.0. The molecule has 0 aliphatic rings. The minimum Gasteiger partial charge on any atom is -0.366 e. The molecule has 0 saturated carbocycles. The Balaban J connectivity index is 3.42. The summed E-state index contributed by atoms with van der Waals surface area (Å²) < 4.78 is 27.2. The average molecular weight is 204 g/mol. The summed E-state index contributed by atoms with van der Waals surface area (Å²) in [5.74, 6) is -0.156. The third-order valence-electron chi connectivity index (χ3n) is 1.62. The zero-order valence-electron chi connectivity index (χ0n) is 7.73. The number of hydrogen-bond acceptors (Lipinski definition) is 5. The van der Waals surface area contributed by atoms with E-state index in [0.717, 1.165) is 6.26 Å². The number of sulfone groups is 1. The first-order valence-electron chi connectivity index (χ1n) is 3.79. The lowest BCUT2D eigenvalue weighted by atomic mass is 10.1. The normalized spacial score (nSPS) is 12.3. The van der Waals surface area contributed by atoms with Gasteiger partial charge in [-0.1, -0.05) is 19.0 Å². The van der Waals surface area contributed by atoms with E-state index < -0.39 is 9.84 Å². The van der Waals surface area contributed by atoms with Gasteiger partial charge in [0, 0.05) is 12.2 Å². The van der Waals surface area contributed by atoms with E-state index in [1.165, 1.54) is 0 Å². The number of rotatable bonds is 2. The fourth-order valence-electron chi connectivity index (χ4n) is 1.05. The van der Waals surface area contributed by atoms with Gasteiger partial charge in [-0.2, -0.15) is 0 Å². The monoisotopic (exact) mass is 204 g/mol. The van der Waals surface area contributed by atoms with Crippen LogP contribution in [0.4, 0.5) is 5.88 Å². The smallest absolute Gasteiger partial charge is 0.241 e. The first-order valence-corrected chi connectivity index (χ1v) is 5.68. The predicted octanol–water partition coefficient (Wildman–Crippen LogP) is 0.784. The number of aromatic nitrogens is 1. The van der Waals surface area contributed by atoms with E-state index in [9.17, 15) is 8.42 Å². The van der Waals surface area contributed by atoms with E-state index in [0.29, 0.717) is 5.69 Å². The zero-order valence-corrected chi connectivity index (χ0v) is 8.55. The van der Waals surface area contributed by atoms with E-state index in [-0.39, 0.29) is 16.7 Å². The highest BCUT2D eigenvalue weighted by molar-refractivity contribution is 7.90. The molecule has 5 nitrogen and oxygen atoms in total. The molecule has 0 fully saturated rings. The van der Waals surface area contributed by atoms with Gasteiger partial charge >= 0.3 is 0 Å². The quantitative estimate of drug-likeness (QED) is 0.769. The molecule has 1 rings (SSSR count). The van der Waals surface area contributed by atoms with E-state index in [1.807, 2.05) is 13.8 Å². The van der Waals surface area contributed by atoms with Gasteiger partial charge in [-0.25, -0.2) is 8.42 Å². The molecule has 1 aromatic rings. The number of nitrogens with two attached hydrogens (primary N) is 1. The highest BCUT2D eigenvalue weighted by Crippen LogP contribution is 2.27. The molecule has 0 amide bonds. The van der Waals surface area contributed by atoms with Crippen molar-refractivity contribution in [3.63, 3.8) is 0 Å². The fraction of sp³-hybridized carbons (Fsp3) is 0.571. The molecule has 6 heteroatoms. The van der Waals surface area contributed by atoms with Gasteiger partial charge in [0.1, 0.15) is 5.69 Å². The summed E-state index contributed by atoms with van der Waals surface area (Å²) in [5, 5.41) is 3.60. The summed E-state index contributed by atoms with van der Waals surface area (Å²) in [5.41, 5.74) is 5.75. The highest BCUT2D eigenvalue weighted by Gasteiger charge is 2.24. The third kappa shape index (κ3) is 1.82. The van der Waals surface area contributed by atoms with Crippen molar-refractivity contribution < 1.29 is 12.9 Å². The minimum atomic E-state index is -3.35. The molecule has 13 heavy (non-hydrogen) atoms. The molecular weight excluding hydrogens is 192 g/mol. The number of nitrogens with zero attached hydrogens (tertiary/aromatic N) is 1. The fourth-order valence-corrected chi connectivity index (χ4v) is 2.10. The zero-order chi connectivity index (χ0) is 10.2. The lowest BCUT2D eigenvalue weighted by molar-refractivity contribution is 0.423. The maximum Gasteiger partial charge on any atom is 0.241 e. The van der Waals surface area contributed by atoms with Crippen molar-refractivity contribution in [2.24, 2.45) is 0 Å². The van der Waals surface area contributed by atoms with E-state index in [4.69, 9.17) is 5.73 Å². The molecule has 0 atom stereocenters. The van der Waals surface area contributed by atoms with Gasteiger partial charge in [-0.05, 0) is 0 Å². The average Bonchev–Trinajstić information content (AvgIpc) is 2.28. The van der Waals surface area contributed by atoms with Gasteiger partial charge in [0.2, 0.25) is 5.88 Å². The lowest BCUT2D eigenvalue weighted by Crippen LogP contribution is -2.04. The van der Waals surface area contributed by atoms with Crippen LogP contribution in [0.15, 0.2) is 9.42 Å². The van der Waals surface area contributed by atoms with Crippen LogP contribution >= 0.6 is 0 Å². The molecular formula is C7H12N2O3S. The summed E-state index contributed by atoms with van der Waals surface area (Å²) in [7, 11) is -3.35. The molecule has 1 heterocycles. The molecule has 0 unspecified atom stereocenters. The van der Waals surface area contributed by atoms with Crippen LogP contribution in [0.25, 0.3) is 0 Å². The Hall–Kier alpha value is -1.04. The van der Waals surface area contributed by atoms with Crippen molar-refractivity contribution in [3.05, 3.63) is 5.69 Å². The third-order valence-corrected chi connectivity index (χ3v) is 2.77. The second kappa shape index (κ2) is 3.02.